The second-order valence-electron chi connectivity index (χ2n) is 4.56. The molecular weight excluding hydrogens is 148 g/mol. The monoisotopic (exact) mass is 168 g/mol. The van der Waals surface area contributed by atoms with Crippen LogP contribution in [0.4, 0.5) is 0 Å². The fourth-order valence-corrected chi connectivity index (χ4v) is 2.40. The molecule has 0 aliphatic heterocycles. The molecule has 1 aliphatic rings. The molecule has 0 radical (unpaired) electrons. The van der Waals surface area contributed by atoms with E-state index < -0.39 is 0 Å². The summed E-state index contributed by atoms with van der Waals surface area (Å²) in [7, 11) is 0. The van der Waals surface area contributed by atoms with E-state index in [-0.39, 0.29) is 0 Å². The Balaban J connectivity index is 2.39. The minimum Gasteiger partial charge on any atom is -0.300 e. The van der Waals surface area contributed by atoms with E-state index in [0.717, 1.165) is 18.3 Å². The van der Waals surface area contributed by atoms with E-state index in [2.05, 4.69) is 13.8 Å². The SMILES string of the molecule is CC(=O)CC1CCC(C)CC1C. The van der Waals surface area contributed by atoms with Gasteiger partial charge in [0.15, 0.2) is 0 Å². The number of hydrogen-bond acceptors (Lipinski definition) is 1. The van der Waals surface area contributed by atoms with Crippen LogP contribution in [-0.4, -0.2) is 5.78 Å². The molecule has 3 atom stereocenters. The third-order valence-electron chi connectivity index (χ3n) is 3.16. The summed E-state index contributed by atoms with van der Waals surface area (Å²) < 4.78 is 0. The summed E-state index contributed by atoms with van der Waals surface area (Å²) in [5, 5.41) is 0. The van der Waals surface area contributed by atoms with Gasteiger partial charge >= 0.3 is 0 Å². The van der Waals surface area contributed by atoms with Gasteiger partial charge in [-0.05, 0) is 37.5 Å². The van der Waals surface area contributed by atoms with Crippen molar-refractivity contribution in [1.82, 2.24) is 0 Å². The van der Waals surface area contributed by atoms with Crippen molar-refractivity contribution in [3.05, 3.63) is 0 Å². The van der Waals surface area contributed by atoms with E-state index >= 15 is 0 Å². The van der Waals surface area contributed by atoms with Crippen molar-refractivity contribution < 1.29 is 4.79 Å². The van der Waals surface area contributed by atoms with Gasteiger partial charge in [0.2, 0.25) is 0 Å². The van der Waals surface area contributed by atoms with Crippen LogP contribution in [0.2, 0.25) is 0 Å². The molecule has 12 heavy (non-hydrogen) atoms. The lowest BCUT2D eigenvalue weighted by Gasteiger charge is -2.31. The van der Waals surface area contributed by atoms with Crippen LogP contribution in [0.1, 0.15) is 46.5 Å². The largest absolute Gasteiger partial charge is 0.300 e. The first-order valence-corrected chi connectivity index (χ1v) is 5.09. The van der Waals surface area contributed by atoms with E-state index in [1.165, 1.54) is 19.3 Å². The Kier molecular flexibility index (Phi) is 3.30. The van der Waals surface area contributed by atoms with Crippen LogP contribution >= 0.6 is 0 Å². The van der Waals surface area contributed by atoms with Gasteiger partial charge in [0.1, 0.15) is 5.78 Å². The minimum absolute atomic E-state index is 0.362. The summed E-state index contributed by atoms with van der Waals surface area (Å²) in [6.45, 7) is 6.33. The van der Waals surface area contributed by atoms with Gasteiger partial charge in [-0.15, -0.1) is 0 Å². The van der Waals surface area contributed by atoms with Crippen molar-refractivity contribution in [1.29, 1.82) is 0 Å². The van der Waals surface area contributed by atoms with Crippen molar-refractivity contribution in [2.24, 2.45) is 17.8 Å². The van der Waals surface area contributed by atoms with Gasteiger partial charge < -0.3 is 4.79 Å². The predicted molar refractivity (Wildman–Crippen MR) is 51.0 cm³/mol. The molecule has 1 fully saturated rings. The molecular formula is C11H20O. The Labute approximate surface area is 75.5 Å². The van der Waals surface area contributed by atoms with E-state index in [9.17, 15) is 4.79 Å². The number of ketones is 1. The van der Waals surface area contributed by atoms with Crippen LogP contribution in [0.5, 0.6) is 0 Å². The van der Waals surface area contributed by atoms with Crippen LogP contribution in [0, 0.1) is 17.8 Å². The van der Waals surface area contributed by atoms with Crippen molar-refractivity contribution >= 4 is 5.78 Å². The maximum Gasteiger partial charge on any atom is 0.130 e. The summed E-state index contributed by atoms with van der Waals surface area (Å²) in [6, 6.07) is 0. The molecule has 0 aromatic rings. The molecule has 0 amide bonds. The Morgan fingerprint density at radius 3 is 2.50 bits per heavy atom. The normalized spacial score (nSPS) is 36.4. The van der Waals surface area contributed by atoms with Gasteiger partial charge in [0, 0.05) is 6.42 Å². The van der Waals surface area contributed by atoms with Gasteiger partial charge in [-0.2, -0.15) is 0 Å². The summed E-state index contributed by atoms with van der Waals surface area (Å²) in [6.07, 6.45) is 4.72. The molecule has 0 heterocycles. The minimum atomic E-state index is 0.362. The summed E-state index contributed by atoms with van der Waals surface area (Å²) >= 11 is 0. The fraction of sp³-hybridized carbons (Fsp3) is 0.909. The number of carbonyl (C=O) groups is 1. The lowest BCUT2D eigenvalue weighted by molar-refractivity contribution is -0.118. The molecule has 70 valence electrons. The van der Waals surface area contributed by atoms with Crippen LogP contribution < -0.4 is 0 Å². The van der Waals surface area contributed by atoms with Crippen LogP contribution in [0.15, 0.2) is 0 Å². The zero-order chi connectivity index (χ0) is 9.14. The fourth-order valence-electron chi connectivity index (χ4n) is 2.40. The molecule has 1 heteroatoms. The molecule has 0 spiro atoms. The molecule has 1 nitrogen and oxygen atoms in total. The number of Topliss-reactive ketones (excluding diaryl/α,β-unsaturated/α-hetero) is 1. The number of rotatable bonds is 2. The van der Waals surface area contributed by atoms with Gasteiger partial charge in [-0.1, -0.05) is 20.3 Å². The quantitative estimate of drug-likeness (QED) is 0.619. The van der Waals surface area contributed by atoms with Crippen LogP contribution in [-0.2, 0) is 4.79 Å². The molecule has 0 bridgehead atoms. The summed E-state index contributed by atoms with van der Waals surface area (Å²) in [4.78, 5) is 10.9. The van der Waals surface area contributed by atoms with E-state index in [0.29, 0.717) is 11.7 Å². The Hall–Kier alpha value is -0.330. The number of hydrogen-bond donors (Lipinski definition) is 0. The Morgan fingerprint density at radius 1 is 1.33 bits per heavy atom. The molecule has 0 aromatic carbocycles. The van der Waals surface area contributed by atoms with E-state index in [4.69, 9.17) is 0 Å². The van der Waals surface area contributed by atoms with E-state index in [1.807, 2.05) is 0 Å². The van der Waals surface area contributed by atoms with Gasteiger partial charge in [0.25, 0.3) is 0 Å². The van der Waals surface area contributed by atoms with Crippen molar-refractivity contribution in [3.63, 3.8) is 0 Å². The lowest BCUT2D eigenvalue weighted by Crippen LogP contribution is -2.23. The van der Waals surface area contributed by atoms with E-state index in [1.54, 1.807) is 6.92 Å². The lowest BCUT2D eigenvalue weighted by atomic mass is 9.74. The highest BCUT2D eigenvalue weighted by atomic mass is 16.1. The molecule has 0 saturated heterocycles. The zero-order valence-electron chi connectivity index (χ0n) is 8.47. The first-order valence-electron chi connectivity index (χ1n) is 5.09. The highest BCUT2D eigenvalue weighted by Crippen LogP contribution is 2.35. The first-order chi connectivity index (χ1) is 5.59. The molecule has 1 aliphatic carbocycles. The molecule has 1 rings (SSSR count). The maximum atomic E-state index is 10.9. The average molecular weight is 168 g/mol. The van der Waals surface area contributed by atoms with Crippen molar-refractivity contribution in [3.8, 4) is 0 Å². The highest BCUT2D eigenvalue weighted by Gasteiger charge is 2.25. The highest BCUT2D eigenvalue weighted by molar-refractivity contribution is 5.75. The van der Waals surface area contributed by atoms with Crippen LogP contribution in [0.3, 0.4) is 0 Å². The van der Waals surface area contributed by atoms with Gasteiger partial charge in [-0.25, -0.2) is 0 Å². The third-order valence-corrected chi connectivity index (χ3v) is 3.16. The average Bonchev–Trinajstić information content (AvgIpc) is 1.94. The summed E-state index contributed by atoms with van der Waals surface area (Å²) in [5.74, 6) is 2.68. The first kappa shape index (κ1) is 9.76. The topological polar surface area (TPSA) is 17.1 Å². The Bertz CT molecular complexity index is 162. The molecule has 1 saturated carbocycles. The Morgan fingerprint density at radius 2 is 2.00 bits per heavy atom. The molecule has 0 aromatic heterocycles. The second-order valence-corrected chi connectivity index (χ2v) is 4.56. The molecule has 0 N–H and O–H groups in total. The predicted octanol–water partition coefficient (Wildman–Crippen LogP) is 3.04. The zero-order valence-corrected chi connectivity index (χ0v) is 8.47. The van der Waals surface area contributed by atoms with Gasteiger partial charge in [0.05, 0.1) is 0 Å². The maximum absolute atomic E-state index is 10.9. The van der Waals surface area contributed by atoms with Crippen molar-refractivity contribution in [2.45, 2.75) is 46.5 Å². The second kappa shape index (κ2) is 4.06. The smallest absolute Gasteiger partial charge is 0.130 e. The third kappa shape index (κ3) is 2.62. The van der Waals surface area contributed by atoms with Gasteiger partial charge in [-0.3, -0.25) is 0 Å². The number of carbonyl (C=O) groups excluding carboxylic acids is 1. The van der Waals surface area contributed by atoms with Crippen molar-refractivity contribution in [2.75, 3.05) is 0 Å². The molecule has 3 unspecified atom stereocenters. The van der Waals surface area contributed by atoms with Crippen LogP contribution in [0.25, 0.3) is 0 Å². The standard InChI is InChI=1S/C11H20O/c1-8-4-5-11(7-10(3)12)9(2)6-8/h8-9,11H,4-7H2,1-3H3. The summed E-state index contributed by atoms with van der Waals surface area (Å²) in [5.41, 5.74) is 0.